The Morgan fingerprint density at radius 1 is 1.06 bits per heavy atom. The third kappa shape index (κ3) is 3.27. The lowest BCUT2D eigenvalue weighted by Crippen LogP contribution is -2.17. The minimum Gasteiger partial charge on any atom is -0.493 e. The predicted octanol–water partition coefficient (Wildman–Crippen LogP) is 1.30. The van der Waals surface area contributed by atoms with Gasteiger partial charge in [0.2, 0.25) is 11.7 Å². The highest BCUT2D eigenvalue weighted by molar-refractivity contribution is 5.92. The summed E-state index contributed by atoms with van der Waals surface area (Å²) in [5.41, 5.74) is 0.548. The van der Waals surface area contributed by atoms with Gasteiger partial charge in [-0.25, -0.2) is 0 Å². The first-order chi connectivity index (χ1) is 8.65. The van der Waals surface area contributed by atoms with Crippen LogP contribution in [-0.4, -0.2) is 41.0 Å². The molecule has 0 aliphatic heterocycles. The zero-order valence-corrected chi connectivity index (χ0v) is 10.9. The number of benzene rings is 1. The molecule has 0 aliphatic carbocycles. The van der Waals surface area contributed by atoms with Crippen molar-refractivity contribution in [1.29, 1.82) is 0 Å². The van der Waals surface area contributed by atoms with E-state index in [1.165, 1.54) is 28.4 Å². The summed E-state index contributed by atoms with van der Waals surface area (Å²) in [5, 5.41) is 2.66. The summed E-state index contributed by atoms with van der Waals surface area (Å²) in [6, 6.07) is 3.30. The molecule has 0 spiro atoms. The third-order valence-corrected chi connectivity index (χ3v) is 2.22. The molecular weight excluding hydrogens is 238 g/mol. The Bertz CT molecular complexity index is 394. The Morgan fingerprint density at radius 3 is 2.00 bits per heavy atom. The molecule has 0 saturated carbocycles. The number of hydrogen-bond donors (Lipinski definition) is 1. The molecule has 6 heteroatoms. The van der Waals surface area contributed by atoms with Crippen molar-refractivity contribution in [2.75, 3.05) is 40.4 Å². The van der Waals surface area contributed by atoms with Gasteiger partial charge in [-0.2, -0.15) is 0 Å². The highest BCUT2D eigenvalue weighted by Crippen LogP contribution is 2.39. The van der Waals surface area contributed by atoms with Gasteiger partial charge in [0.1, 0.15) is 6.61 Å². The minimum atomic E-state index is -0.258. The smallest absolute Gasteiger partial charge is 0.250 e. The summed E-state index contributed by atoms with van der Waals surface area (Å²) in [6.45, 7) is -0.0172. The molecule has 100 valence electrons. The number of nitrogens with one attached hydrogen (secondary N) is 1. The van der Waals surface area contributed by atoms with Gasteiger partial charge < -0.3 is 24.3 Å². The standard InChI is InChI=1S/C12H17NO5/c1-15-7-11(14)13-8-5-9(16-2)12(18-4)10(6-8)17-3/h5-6H,7H2,1-4H3,(H,13,14). The summed E-state index contributed by atoms with van der Waals surface area (Å²) >= 11 is 0. The number of anilines is 1. The van der Waals surface area contributed by atoms with Gasteiger partial charge in [-0.05, 0) is 0 Å². The molecule has 0 atom stereocenters. The first kappa shape index (κ1) is 14.1. The van der Waals surface area contributed by atoms with Gasteiger partial charge in [-0.1, -0.05) is 0 Å². The highest BCUT2D eigenvalue weighted by atomic mass is 16.5. The lowest BCUT2D eigenvalue weighted by atomic mass is 10.2. The average Bonchev–Trinajstić information content (AvgIpc) is 2.37. The van der Waals surface area contributed by atoms with Crippen LogP contribution in [0.5, 0.6) is 17.2 Å². The zero-order chi connectivity index (χ0) is 13.5. The molecule has 18 heavy (non-hydrogen) atoms. The van der Waals surface area contributed by atoms with Crippen LogP contribution in [0, 0.1) is 0 Å². The monoisotopic (exact) mass is 255 g/mol. The number of hydrogen-bond acceptors (Lipinski definition) is 5. The Morgan fingerprint density at radius 2 is 1.61 bits per heavy atom. The lowest BCUT2D eigenvalue weighted by Gasteiger charge is -2.14. The van der Waals surface area contributed by atoms with Gasteiger partial charge in [0, 0.05) is 24.9 Å². The largest absolute Gasteiger partial charge is 0.493 e. The zero-order valence-electron chi connectivity index (χ0n) is 10.9. The van der Waals surface area contributed by atoms with Crippen LogP contribution in [0.4, 0.5) is 5.69 Å². The summed E-state index contributed by atoms with van der Waals surface area (Å²) in [6.07, 6.45) is 0. The van der Waals surface area contributed by atoms with Crippen LogP contribution in [0.1, 0.15) is 0 Å². The van der Waals surface area contributed by atoms with Crippen molar-refractivity contribution in [3.05, 3.63) is 12.1 Å². The highest BCUT2D eigenvalue weighted by Gasteiger charge is 2.14. The van der Waals surface area contributed by atoms with Crippen molar-refractivity contribution in [1.82, 2.24) is 0 Å². The molecule has 1 rings (SSSR count). The maximum Gasteiger partial charge on any atom is 0.250 e. The van der Waals surface area contributed by atoms with Crippen LogP contribution in [0.3, 0.4) is 0 Å². The maximum absolute atomic E-state index is 11.4. The molecule has 0 bridgehead atoms. The molecule has 0 heterocycles. The van der Waals surface area contributed by atoms with E-state index in [2.05, 4.69) is 5.32 Å². The van der Waals surface area contributed by atoms with E-state index in [4.69, 9.17) is 18.9 Å². The molecule has 1 N–H and O–H groups in total. The number of carbonyl (C=O) groups is 1. The van der Waals surface area contributed by atoms with Crippen LogP contribution in [-0.2, 0) is 9.53 Å². The lowest BCUT2D eigenvalue weighted by molar-refractivity contribution is -0.119. The van der Waals surface area contributed by atoms with Gasteiger partial charge in [0.15, 0.2) is 11.5 Å². The molecule has 0 aliphatic rings. The minimum absolute atomic E-state index is 0.0172. The number of ether oxygens (including phenoxy) is 4. The fourth-order valence-electron chi connectivity index (χ4n) is 1.48. The van der Waals surface area contributed by atoms with Crippen molar-refractivity contribution in [3.8, 4) is 17.2 Å². The second kappa shape index (κ2) is 6.70. The number of amides is 1. The molecule has 1 aromatic carbocycles. The molecule has 0 fully saturated rings. The van der Waals surface area contributed by atoms with E-state index in [1.54, 1.807) is 12.1 Å². The van der Waals surface area contributed by atoms with Gasteiger partial charge in [-0.15, -0.1) is 0 Å². The van der Waals surface area contributed by atoms with Crippen molar-refractivity contribution >= 4 is 11.6 Å². The van der Waals surface area contributed by atoms with Gasteiger partial charge >= 0.3 is 0 Å². The molecular formula is C12H17NO5. The Hall–Kier alpha value is -1.95. The third-order valence-electron chi connectivity index (χ3n) is 2.22. The van der Waals surface area contributed by atoms with Crippen LogP contribution in [0.15, 0.2) is 12.1 Å². The second-order valence-corrected chi connectivity index (χ2v) is 3.40. The molecule has 1 aromatic rings. The second-order valence-electron chi connectivity index (χ2n) is 3.40. The summed E-state index contributed by atoms with van der Waals surface area (Å²) in [5.74, 6) is 1.17. The maximum atomic E-state index is 11.4. The van der Waals surface area contributed by atoms with E-state index in [0.717, 1.165) is 0 Å². The van der Waals surface area contributed by atoms with Crippen molar-refractivity contribution in [2.24, 2.45) is 0 Å². The van der Waals surface area contributed by atoms with Crippen LogP contribution >= 0.6 is 0 Å². The molecule has 0 saturated heterocycles. The SMILES string of the molecule is COCC(=O)Nc1cc(OC)c(OC)c(OC)c1. The van der Waals surface area contributed by atoms with Crippen LogP contribution in [0.25, 0.3) is 0 Å². The van der Waals surface area contributed by atoms with Crippen molar-refractivity contribution < 1.29 is 23.7 Å². The van der Waals surface area contributed by atoms with E-state index in [9.17, 15) is 4.79 Å². The van der Waals surface area contributed by atoms with Gasteiger partial charge in [-0.3, -0.25) is 4.79 Å². The van der Waals surface area contributed by atoms with Crippen molar-refractivity contribution in [3.63, 3.8) is 0 Å². The molecule has 6 nitrogen and oxygen atoms in total. The Kier molecular flexibility index (Phi) is 5.26. The van der Waals surface area contributed by atoms with Crippen LogP contribution in [0.2, 0.25) is 0 Å². The van der Waals surface area contributed by atoms with E-state index in [0.29, 0.717) is 22.9 Å². The Balaban J connectivity index is 3.03. The molecule has 0 aromatic heterocycles. The fraction of sp³-hybridized carbons (Fsp3) is 0.417. The summed E-state index contributed by atoms with van der Waals surface area (Å²) in [4.78, 5) is 11.4. The normalized spacial score (nSPS) is 9.78. The van der Waals surface area contributed by atoms with E-state index in [-0.39, 0.29) is 12.5 Å². The first-order valence-electron chi connectivity index (χ1n) is 5.25. The topological polar surface area (TPSA) is 66.0 Å². The predicted molar refractivity (Wildman–Crippen MR) is 66.6 cm³/mol. The van der Waals surface area contributed by atoms with E-state index >= 15 is 0 Å². The summed E-state index contributed by atoms with van der Waals surface area (Å²) in [7, 11) is 5.99. The van der Waals surface area contributed by atoms with Gasteiger partial charge in [0.25, 0.3) is 0 Å². The summed E-state index contributed by atoms with van der Waals surface area (Å²) < 4.78 is 20.3. The molecule has 0 radical (unpaired) electrons. The van der Waals surface area contributed by atoms with E-state index < -0.39 is 0 Å². The molecule has 1 amide bonds. The quantitative estimate of drug-likeness (QED) is 0.830. The average molecular weight is 255 g/mol. The fourth-order valence-corrected chi connectivity index (χ4v) is 1.48. The number of rotatable bonds is 6. The van der Waals surface area contributed by atoms with Crippen LogP contribution < -0.4 is 19.5 Å². The van der Waals surface area contributed by atoms with Gasteiger partial charge in [0.05, 0.1) is 21.3 Å². The number of carbonyl (C=O) groups excluding carboxylic acids is 1. The van der Waals surface area contributed by atoms with E-state index in [1.807, 2.05) is 0 Å². The number of methoxy groups -OCH3 is 4. The van der Waals surface area contributed by atoms with Crippen molar-refractivity contribution in [2.45, 2.75) is 0 Å². The molecule has 0 unspecified atom stereocenters. The Labute approximate surface area is 106 Å². The first-order valence-corrected chi connectivity index (χ1v) is 5.25.